The molecule has 0 aliphatic carbocycles. The SMILES string of the molecule is COc1ccccc1OC[C@H](C)CNC(=O)N1CCC1. The maximum Gasteiger partial charge on any atom is 0.317 e. The number of methoxy groups -OCH3 is 1. The minimum Gasteiger partial charge on any atom is -0.493 e. The summed E-state index contributed by atoms with van der Waals surface area (Å²) in [6.07, 6.45) is 1.11. The molecule has 1 aromatic rings. The predicted molar refractivity (Wildman–Crippen MR) is 77.2 cm³/mol. The number of rotatable bonds is 6. The van der Waals surface area contributed by atoms with Gasteiger partial charge in [-0.25, -0.2) is 4.79 Å². The molecule has 1 saturated heterocycles. The molecule has 5 nitrogen and oxygen atoms in total. The number of nitrogens with zero attached hydrogens (tertiary/aromatic N) is 1. The van der Waals surface area contributed by atoms with Gasteiger partial charge in [-0.1, -0.05) is 19.1 Å². The zero-order valence-corrected chi connectivity index (χ0v) is 12.1. The molecule has 1 aliphatic rings. The van der Waals surface area contributed by atoms with E-state index in [1.165, 1.54) is 0 Å². The fourth-order valence-corrected chi connectivity index (χ4v) is 1.92. The molecule has 1 aromatic carbocycles. The lowest BCUT2D eigenvalue weighted by molar-refractivity contribution is 0.164. The predicted octanol–water partition coefficient (Wildman–Crippen LogP) is 2.13. The summed E-state index contributed by atoms with van der Waals surface area (Å²) in [4.78, 5) is 13.5. The van der Waals surface area contributed by atoms with Crippen molar-refractivity contribution in [1.82, 2.24) is 10.2 Å². The molecule has 20 heavy (non-hydrogen) atoms. The summed E-state index contributed by atoms with van der Waals surface area (Å²) >= 11 is 0. The highest BCUT2D eigenvalue weighted by Gasteiger charge is 2.20. The van der Waals surface area contributed by atoms with Crippen molar-refractivity contribution in [2.24, 2.45) is 5.92 Å². The quantitative estimate of drug-likeness (QED) is 0.867. The second-order valence-electron chi connectivity index (χ2n) is 5.09. The molecule has 1 heterocycles. The molecule has 1 atom stereocenters. The average molecular weight is 278 g/mol. The van der Waals surface area contributed by atoms with Crippen LogP contribution in [-0.4, -0.2) is 44.3 Å². The minimum atomic E-state index is 0.0281. The summed E-state index contributed by atoms with van der Waals surface area (Å²) in [5.41, 5.74) is 0. The minimum absolute atomic E-state index is 0.0281. The molecule has 1 fully saturated rings. The summed E-state index contributed by atoms with van der Waals surface area (Å²) in [6.45, 7) is 4.95. The van der Waals surface area contributed by atoms with Gasteiger partial charge in [-0.15, -0.1) is 0 Å². The van der Waals surface area contributed by atoms with Gasteiger partial charge in [0.2, 0.25) is 0 Å². The lowest BCUT2D eigenvalue weighted by atomic mass is 10.2. The summed E-state index contributed by atoms with van der Waals surface area (Å²) in [7, 11) is 1.62. The fourth-order valence-electron chi connectivity index (χ4n) is 1.92. The van der Waals surface area contributed by atoms with Gasteiger partial charge in [0.05, 0.1) is 13.7 Å². The third-order valence-corrected chi connectivity index (χ3v) is 3.34. The Bertz CT molecular complexity index is 446. The first kappa shape index (κ1) is 14.5. The normalized spacial score (nSPS) is 15.2. The first-order chi connectivity index (χ1) is 9.70. The van der Waals surface area contributed by atoms with Crippen LogP contribution in [0.15, 0.2) is 24.3 Å². The molecule has 110 valence electrons. The van der Waals surface area contributed by atoms with Crippen LogP contribution < -0.4 is 14.8 Å². The Labute approximate surface area is 119 Å². The number of para-hydroxylation sites is 2. The van der Waals surface area contributed by atoms with Crippen LogP contribution in [0.4, 0.5) is 4.79 Å². The molecule has 0 bridgehead atoms. The summed E-state index contributed by atoms with van der Waals surface area (Å²) in [5, 5.41) is 2.92. The first-order valence-electron chi connectivity index (χ1n) is 6.99. The van der Waals surface area contributed by atoms with E-state index >= 15 is 0 Å². The number of hydrogen-bond acceptors (Lipinski definition) is 3. The van der Waals surface area contributed by atoms with Crippen LogP contribution in [0.3, 0.4) is 0 Å². The molecule has 1 aliphatic heterocycles. The summed E-state index contributed by atoms with van der Waals surface area (Å²) in [6, 6.07) is 7.59. The van der Waals surface area contributed by atoms with Crippen molar-refractivity contribution >= 4 is 6.03 Å². The molecule has 0 radical (unpaired) electrons. The third-order valence-electron chi connectivity index (χ3n) is 3.34. The molecule has 0 aromatic heterocycles. The van der Waals surface area contributed by atoms with Gasteiger partial charge in [0.15, 0.2) is 11.5 Å². The van der Waals surface area contributed by atoms with E-state index in [9.17, 15) is 4.79 Å². The number of likely N-dealkylation sites (tertiary alicyclic amines) is 1. The standard InChI is InChI=1S/C15H22N2O3/c1-12(10-16-15(18)17-8-5-9-17)11-20-14-7-4-3-6-13(14)19-2/h3-4,6-7,12H,5,8-11H2,1-2H3,(H,16,18)/t12-/m1/s1. The van der Waals surface area contributed by atoms with Gasteiger partial charge in [-0.2, -0.15) is 0 Å². The average Bonchev–Trinajstić information content (AvgIpc) is 2.41. The second-order valence-corrected chi connectivity index (χ2v) is 5.09. The van der Waals surface area contributed by atoms with Crippen molar-refractivity contribution in [2.75, 3.05) is 33.4 Å². The lowest BCUT2D eigenvalue weighted by Crippen LogP contribution is -2.48. The fraction of sp³-hybridized carbons (Fsp3) is 0.533. The molecule has 5 heteroatoms. The molecule has 2 rings (SSSR count). The van der Waals surface area contributed by atoms with Crippen LogP contribution in [-0.2, 0) is 0 Å². The highest BCUT2D eigenvalue weighted by atomic mass is 16.5. The molecule has 0 unspecified atom stereocenters. The molecule has 2 amide bonds. The molecular formula is C15H22N2O3. The van der Waals surface area contributed by atoms with Crippen molar-refractivity contribution in [3.63, 3.8) is 0 Å². The zero-order chi connectivity index (χ0) is 14.4. The molecule has 0 saturated carbocycles. The van der Waals surface area contributed by atoms with Gasteiger partial charge in [-0.05, 0) is 18.6 Å². The monoisotopic (exact) mass is 278 g/mol. The number of nitrogens with one attached hydrogen (secondary N) is 1. The number of urea groups is 1. The van der Waals surface area contributed by atoms with E-state index in [-0.39, 0.29) is 11.9 Å². The van der Waals surface area contributed by atoms with E-state index < -0.39 is 0 Å². The molecule has 1 N–H and O–H groups in total. The van der Waals surface area contributed by atoms with Crippen molar-refractivity contribution in [3.05, 3.63) is 24.3 Å². The van der Waals surface area contributed by atoms with Crippen LogP contribution in [0.2, 0.25) is 0 Å². The Morgan fingerprint density at radius 1 is 1.35 bits per heavy atom. The number of carbonyl (C=O) groups is 1. The topological polar surface area (TPSA) is 50.8 Å². The Morgan fingerprint density at radius 3 is 2.65 bits per heavy atom. The summed E-state index contributed by atoms with van der Waals surface area (Å²) < 4.78 is 11.0. The second kappa shape index (κ2) is 7.03. The Morgan fingerprint density at radius 2 is 2.05 bits per heavy atom. The van der Waals surface area contributed by atoms with Crippen molar-refractivity contribution < 1.29 is 14.3 Å². The number of benzene rings is 1. The zero-order valence-electron chi connectivity index (χ0n) is 12.1. The van der Waals surface area contributed by atoms with Crippen molar-refractivity contribution in [1.29, 1.82) is 0 Å². The Balaban J connectivity index is 1.71. The van der Waals surface area contributed by atoms with Crippen molar-refractivity contribution in [3.8, 4) is 11.5 Å². The Kier molecular flexibility index (Phi) is 5.09. The van der Waals surface area contributed by atoms with Crippen LogP contribution >= 0.6 is 0 Å². The van der Waals surface area contributed by atoms with E-state index in [4.69, 9.17) is 9.47 Å². The molecule has 0 spiro atoms. The number of hydrogen-bond donors (Lipinski definition) is 1. The maximum absolute atomic E-state index is 11.7. The number of carbonyl (C=O) groups excluding carboxylic acids is 1. The van der Waals surface area contributed by atoms with Gasteiger partial charge in [0.25, 0.3) is 0 Å². The van der Waals surface area contributed by atoms with Gasteiger partial charge in [0, 0.05) is 25.6 Å². The van der Waals surface area contributed by atoms with E-state index in [1.807, 2.05) is 36.1 Å². The highest BCUT2D eigenvalue weighted by Crippen LogP contribution is 2.26. The third kappa shape index (κ3) is 3.79. The van der Waals surface area contributed by atoms with E-state index in [0.29, 0.717) is 13.2 Å². The highest BCUT2D eigenvalue weighted by molar-refractivity contribution is 5.74. The Hall–Kier alpha value is -1.91. The van der Waals surface area contributed by atoms with E-state index in [0.717, 1.165) is 31.0 Å². The van der Waals surface area contributed by atoms with Crippen LogP contribution in [0.5, 0.6) is 11.5 Å². The lowest BCUT2D eigenvalue weighted by Gasteiger charge is -2.31. The van der Waals surface area contributed by atoms with Crippen molar-refractivity contribution in [2.45, 2.75) is 13.3 Å². The summed E-state index contributed by atoms with van der Waals surface area (Å²) in [5.74, 6) is 1.70. The maximum atomic E-state index is 11.7. The van der Waals surface area contributed by atoms with E-state index in [2.05, 4.69) is 5.32 Å². The number of ether oxygens (including phenoxy) is 2. The smallest absolute Gasteiger partial charge is 0.317 e. The van der Waals surface area contributed by atoms with E-state index in [1.54, 1.807) is 7.11 Å². The van der Waals surface area contributed by atoms with Crippen LogP contribution in [0, 0.1) is 5.92 Å². The number of amides is 2. The van der Waals surface area contributed by atoms with Gasteiger partial charge in [0.1, 0.15) is 0 Å². The van der Waals surface area contributed by atoms with Gasteiger partial charge in [-0.3, -0.25) is 0 Å². The van der Waals surface area contributed by atoms with Crippen LogP contribution in [0.1, 0.15) is 13.3 Å². The molecular weight excluding hydrogens is 256 g/mol. The van der Waals surface area contributed by atoms with Gasteiger partial charge >= 0.3 is 6.03 Å². The largest absolute Gasteiger partial charge is 0.493 e. The van der Waals surface area contributed by atoms with Crippen LogP contribution in [0.25, 0.3) is 0 Å². The first-order valence-corrected chi connectivity index (χ1v) is 6.99. The van der Waals surface area contributed by atoms with Gasteiger partial charge < -0.3 is 19.7 Å².